The van der Waals surface area contributed by atoms with Crippen LogP contribution in [0, 0.1) is 5.92 Å². The van der Waals surface area contributed by atoms with Crippen molar-refractivity contribution >= 4 is 23.5 Å². The fourth-order valence-corrected chi connectivity index (χ4v) is 5.63. The summed E-state index contributed by atoms with van der Waals surface area (Å²) in [5.41, 5.74) is 10.5. The van der Waals surface area contributed by atoms with Gasteiger partial charge < -0.3 is 36.0 Å². The first-order valence-corrected chi connectivity index (χ1v) is 18.5. The van der Waals surface area contributed by atoms with Crippen LogP contribution in [0.25, 0.3) is 22.5 Å². The van der Waals surface area contributed by atoms with Crippen molar-refractivity contribution in [3.05, 3.63) is 108 Å². The number of unbranched alkanes of at least 4 members (excludes halogenated alkanes) is 1. The lowest BCUT2D eigenvalue weighted by Crippen LogP contribution is -2.47. The topological polar surface area (TPSA) is 217 Å². The number of aromatic hydroxyl groups is 1. The molecule has 0 saturated heterocycles. The van der Waals surface area contributed by atoms with Crippen molar-refractivity contribution in [1.29, 1.82) is 0 Å². The molecule has 1 heterocycles. The lowest BCUT2D eigenvalue weighted by atomic mass is 9.97. The van der Waals surface area contributed by atoms with Crippen molar-refractivity contribution in [1.82, 2.24) is 25.5 Å². The number of phenolic OH excluding ortho intramolecular Hbond substituents is 1. The number of aliphatic hydroxyl groups is 1. The number of aromatic nitrogens is 4. The van der Waals surface area contributed by atoms with Crippen LogP contribution in [-0.4, -0.2) is 77.8 Å². The molecule has 7 N–H and O–H groups in total. The Balaban J connectivity index is 0.000000285. The second kappa shape index (κ2) is 22.9. The molecule has 0 aliphatic heterocycles. The summed E-state index contributed by atoms with van der Waals surface area (Å²) in [5.74, 6) is 0.230. The number of phenols is 1. The molecule has 2 amide bonds. The standard InChI is InChI=1S/C24H29N5O3.C10H13NO2.C8H11NO2/c1-4-5-10-21(30)29(22(16(2)3)24(31)32)15-17-11-13-18(14-12-17)19-8-6-7-9-20(19)23-25-27-28-26-23;1-3-13-10-6-4-9(5-7-10)11-8(2)12;9-5-8(11)6-1-3-7(10)4-2-6/h6-9,11-14,16,22H,4-5,10,15H2,1-3H3,(H,31,32)(H,25,26,27,28);4-7H,3H2,1-2H3,(H,11,12);1-4,8,10-11H,5,9H2/t22-;;/m0../s1. The van der Waals surface area contributed by atoms with Gasteiger partial charge in [0.2, 0.25) is 11.8 Å². The molecule has 14 heteroatoms. The number of aromatic amines is 1. The Morgan fingerprint density at radius 2 is 1.55 bits per heavy atom. The van der Waals surface area contributed by atoms with E-state index in [1.165, 1.54) is 24.0 Å². The molecule has 1 aromatic heterocycles. The maximum Gasteiger partial charge on any atom is 0.326 e. The molecular formula is C42H53N7O7. The van der Waals surface area contributed by atoms with Gasteiger partial charge in [0.25, 0.3) is 0 Å². The van der Waals surface area contributed by atoms with Gasteiger partial charge in [-0.25, -0.2) is 9.89 Å². The zero-order valence-corrected chi connectivity index (χ0v) is 32.6. The first-order valence-electron chi connectivity index (χ1n) is 18.5. The van der Waals surface area contributed by atoms with Crippen LogP contribution < -0.4 is 15.8 Å². The summed E-state index contributed by atoms with van der Waals surface area (Å²) in [6.07, 6.45) is 1.35. The second-order valence-electron chi connectivity index (χ2n) is 13.1. The number of nitrogens with zero attached hydrogens (tertiary/aromatic N) is 4. The first kappa shape index (κ1) is 44.3. The van der Waals surface area contributed by atoms with Crippen LogP contribution in [0.5, 0.6) is 11.5 Å². The Morgan fingerprint density at radius 1 is 0.911 bits per heavy atom. The van der Waals surface area contributed by atoms with E-state index in [0.29, 0.717) is 18.9 Å². The SMILES string of the molecule is CCCCC(=O)N(Cc1ccc(-c2ccccc2-c2nnn[nH]2)cc1)[C@H](C(=O)O)C(C)C.CCOc1ccc(NC(C)=O)cc1.NCC(O)c1ccc(O)cc1. The van der Waals surface area contributed by atoms with Gasteiger partial charge in [-0.1, -0.05) is 87.9 Å². The molecule has 0 radical (unpaired) electrons. The predicted molar refractivity (Wildman–Crippen MR) is 215 cm³/mol. The zero-order chi connectivity index (χ0) is 41.0. The second-order valence-corrected chi connectivity index (χ2v) is 13.1. The molecule has 298 valence electrons. The number of hydrogen-bond acceptors (Lipinski definition) is 10. The van der Waals surface area contributed by atoms with Gasteiger partial charge in [0.1, 0.15) is 17.5 Å². The van der Waals surface area contributed by atoms with Gasteiger partial charge in [-0.2, -0.15) is 0 Å². The molecule has 1 unspecified atom stereocenters. The summed E-state index contributed by atoms with van der Waals surface area (Å²) in [6, 6.07) is 28.4. The number of nitrogens with two attached hydrogens (primary N) is 1. The quantitative estimate of drug-likeness (QED) is 0.0668. The summed E-state index contributed by atoms with van der Waals surface area (Å²) >= 11 is 0. The molecule has 0 aliphatic rings. The third-order valence-corrected chi connectivity index (χ3v) is 8.42. The number of H-pyrrole nitrogens is 1. The Labute approximate surface area is 327 Å². The summed E-state index contributed by atoms with van der Waals surface area (Å²) in [6.45, 7) is 10.2. The molecule has 56 heavy (non-hydrogen) atoms. The predicted octanol–water partition coefficient (Wildman–Crippen LogP) is 6.59. The fourth-order valence-electron chi connectivity index (χ4n) is 5.63. The highest BCUT2D eigenvalue weighted by atomic mass is 16.5. The number of amides is 2. The molecule has 5 rings (SSSR count). The number of carboxylic acids is 1. The smallest absolute Gasteiger partial charge is 0.326 e. The normalized spacial score (nSPS) is 11.6. The van der Waals surface area contributed by atoms with E-state index in [1.807, 2.05) is 100 Å². The minimum absolute atomic E-state index is 0.0656. The van der Waals surface area contributed by atoms with Crippen molar-refractivity contribution < 1.29 is 34.4 Å². The minimum Gasteiger partial charge on any atom is -0.508 e. The maximum atomic E-state index is 12.9. The Bertz CT molecular complexity index is 1920. The first-order chi connectivity index (χ1) is 26.9. The van der Waals surface area contributed by atoms with Crippen LogP contribution >= 0.6 is 0 Å². The van der Waals surface area contributed by atoms with Crippen LogP contribution in [0.2, 0.25) is 0 Å². The molecule has 0 fully saturated rings. The van der Waals surface area contributed by atoms with Gasteiger partial charge in [-0.15, -0.1) is 5.10 Å². The molecule has 0 spiro atoms. The van der Waals surface area contributed by atoms with Crippen molar-refractivity contribution in [2.45, 2.75) is 72.6 Å². The van der Waals surface area contributed by atoms with Crippen molar-refractivity contribution in [2.75, 3.05) is 18.5 Å². The summed E-state index contributed by atoms with van der Waals surface area (Å²) < 4.78 is 5.25. The van der Waals surface area contributed by atoms with E-state index in [2.05, 4.69) is 25.9 Å². The number of carboxylic acid groups (broad SMARTS) is 1. The van der Waals surface area contributed by atoms with Crippen molar-refractivity contribution in [3.63, 3.8) is 0 Å². The largest absolute Gasteiger partial charge is 0.508 e. The van der Waals surface area contributed by atoms with Crippen LogP contribution in [0.15, 0.2) is 97.1 Å². The van der Waals surface area contributed by atoms with E-state index in [4.69, 9.17) is 15.6 Å². The highest BCUT2D eigenvalue weighted by Gasteiger charge is 2.32. The van der Waals surface area contributed by atoms with Crippen molar-refractivity contribution in [2.24, 2.45) is 11.7 Å². The molecular weight excluding hydrogens is 715 g/mol. The van der Waals surface area contributed by atoms with E-state index in [1.54, 1.807) is 12.1 Å². The monoisotopic (exact) mass is 767 g/mol. The average molecular weight is 768 g/mol. The summed E-state index contributed by atoms with van der Waals surface area (Å²) in [5, 5.41) is 44.7. The Hall–Kier alpha value is -6.12. The number of tetrazole rings is 1. The van der Waals surface area contributed by atoms with Crippen LogP contribution in [0.4, 0.5) is 5.69 Å². The molecule has 4 aromatic carbocycles. The molecule has 0 bridgehead atoms. The summed E-state index contributed by atoms with van der Waals surface area (Å²) in [7, 11) is 0. The molecule has 5 aromatic rings. The van der Waals surface area contributed by atoms with Gasteiger partial charge >= 0.3 is 5.97 Å². The fraction of sp³-hybridized carbons (Fsp3) is 0.333. The van der Waals surface area contributed by atoms with E-state index in [9.17, 15) is 24.6 Å². The van der Waals surface area contributed by atoms with Crippen molar-refractivity contribution in [3.8, 4) is 34.0 Å². The number of rotatable bonds is 15. The highest BCUT2D eigenvalue weighted by molar-refractivity contribution is 5.88. The molecule has 14 nitrogen and oxygen atoms in total. The molecule has 0 aliphatic carbocycles. The van der Waals surface area contributed by atoms with E-state index in [0.717, 1.165) is 52.1 Å². The van der Waals surface area contributed by atoms with Gasteiger partial charge in [-0.3, -0.25) is 9.59 Å². The lowest BCUT2D eigenvalue weighted by Gasteiger charge is -2.32. The number of aliphatic hydroxyl groups excluding tert-OH is 1. The third kappa shape index (κ3) is 13.9. The number of ether oxygens (including phenoxy) is 1. The van der Waals surface area contributed by atoms with Crippen LogP contribution in [0.3, 0.4) is 0 Å². The maximum absolute atomic E-state index is 12.9. The van der Waals surface area contributed by atoms with Gasteiger partial charge in [0.15, 0.2) is 5.82 Å². The van der Waals surface area contributed by atoms with Gasteiger partial charge in [0, 0.05) is 37.7 Å². The lowest BCUT2D eigenvalue weighted by molar-refractivity contribution is -0.153. The van der Waals surface area contributed by atoms with Gasteiger partial charge in [0.05, 0.1) is 12.7 Å². The number of carbonyl (C=O) groups excluding carboxylic acids is 2. The number of benzene rings is 4. The average Bonchev–Trinajstić information content (AvgIpc) is 3.73. The number of carbonyl (C=O) groups is 3. The van der Waals surface area contributed by atoms with Crippen LogP contribution in [-0.2, 0) is 20.9 Å². The van der Waals surface area contributed by atoms with Gasteiger partial charge in [-0.05, 0) is 88.3 Å². The Kier molecular flexibility index (Phi) is 18.1. The zero-order valence-electron chi connectivity index (χ0n) is 32.6. The minimum atomic E-state index is -0.976. The van der Waals surface area contributed by atoms with Crippen LogP contribution in [0.1, 0.15) is 71.1 Å². The molecule has 0 saturated carbocycles. The number of hydrogen-bond donors (Lipinski definition) is 6. The van der Waals surface area contributed by atoms with E-state index < -0.39 is 18.1 Å². The number of anilines is 1. The van der Waals surface area contributed by atoms with E-state index in [-0.39, 0.29) is 36.6 Å². The highest BCUT2D eigenvalue weighted by Crippen LogP contribution is 2.30. The molecule has 2 atom stereocenters. The Morgan fingerprint density at radius 3 is 2.07 bits per heavy atom. The number of aliphatic carboxylic acids is 1. The third-order valence-electron chi connectivity index (χ3n) is 8.42. The number of nitrogens with one attached hydrogen (secondary N) is 2. The summed E-state index contributed by atoms with van der Waals surface area (Å²) in [4.78, 5) is 37.0. The van der Waals surface area contributed by atoms with E-state index >= 15 is 0 Å².